The smallest absolute Gasteiger partial charge is 0.351 e. The van der Waals surface area contributed by atoms with E-state index in [-0.39, 0.29) is 35.1 Å². The van der Waals surface area contributed by atoms with Crippen LogP contribution in [-0.4, -0.2) is 53.9 Å². The SMILES string of the molecule is COc1cc2c(c3oc(=O)c(CBr)c(C)c13)[C@@H](OC(=O)C13CCC(C)(C(=O)O1)C3(C)C)[C@@H](OC(=O)C13CCC(C)(C(=O)O1)C3(C)C)C(C)(C)O2. The van der Waals surface area contributed by atoms with Gasteiger partial charge in [-0.05, 0) is 65.9 Å². The molecule has 50 heavy (non-hydrogen) atoms. The van der Waals surface area contributed by atoms with Gasteiger partial charge in [-0.1, -0.05) is 43.6 Å². The van der Waals surface area contributed by atoms with Crippen molar-refractivity contribution in [2.75, 3.05) is 7.11 Å². The number of carbonyl (C=O) groups excluding carboxylic acids is 4. The summed E-state index contributed by atoms with van der Waals surface area (Å²) in [6, 6.07) is 1.62. The highest BCUT2D eigenvalue weighted by Gasteiger charge is 2.78. The number of carbonyl (C=O) groups is 4. The number of esters is 4. The van der Waals surface area contributed by atoms with E-state index in [1.807, 2.05) is 27.7 Å². The highest BCUT2D eigenvalue weighted by atomic mass is 79.9. The van der Waals surface area contributed by atoms with Gasteiger partial charge in [-0.25, -0.2) is 14.4 Å². The van der Waals surface area contributed by atoms with Gasteiger partial charge in [0.15, 0.2) is 17.8 Å². The number of rotatable bonds is 6. The molecule has 4 bridgehead atoms. The lowest BCUT2D eigenvalue weighted by atomic mass is 9.66. The standard InChI is InChI=1S/C37H43BrO12/c1-17-18(16-38)26(39)45-23-21(17)19(44-10)15-20-22(23)24(46-29(42)36-13-11-34(8,27(40)49-36)32(36,4)5)25(31(2,3)48-20)47-30(43)37-14-12-35(9,28(41)50-37)33(37,6)7/h15,24-25H,11-14,16H2,1-10H3/t24-,25-,34?,35?,36?,37?/m1/s1. The molecule has 7 rings (SSSR count). The van der Waals surface area contributed by atoms with Crippen molar-refractivity contribution < 1.29 is 52.0 Å². The normalized spacial score (nSPS) is 35.3. The Morgan fingerprint density at radius 2 is 1.34 bits per heavy atom. The summed E-state index contributed by atoms with van der Waals surface area (Å²) in [5, 5.41) is 0.640. The highest BCUT2D eigenvalue weighted by molar-refractivity contribution is 9.08. The maximum Gasteiger partial charge on any atom is 0.351 e. The van der Waals surface area contributed by atoms with E-state index in [0.29, 0.717) is 35.1 Å². The molecule has 0 N–H and O–H groups in total. The fourth-order valence-corrected chi connectivity index (χ4v) is 9.87. The average molecular weight is 760 g/mol. The minimum atomic E-state index is -1.63. The minimum absolute atomic E-state index is 0.0246. The summed E-state index contributed by atoms with van der Waals surface area (Å²) in [5.41, 5.74) is -7.85. The van der Waals surface area contributed by atoms with Crippen LogP contribution in [0.15, 0.2) is 15.3 Å². The van der Waals surface area contributed by atoms with Gasteiger partial charge in [0, 0.05) is 22.2 Å². The molecule has 4 fully saturated rings. The van der Waals surface area contributed by atoms with Crippen LogP contribution in [0.2, 0.25) is 0 Å². The topological polar surface area (TPSA) is 154 Å². The lowest BCUT2D eigenvalue weighted by Crippen LogP contribution is -2.57. The monoisotopic (exact) mass is 758 g/mol. The Hall–Kier alpha value is -3.61. The molecule has 13 heteroatoms. The molecular formula is C37H43BrO12. The Morgan fingerprint density at radius 1 is 0.820 bits per heavy atom. The third-order valence-electron chi connectivity index (χ3n) is 13.8. The van der Waals surface area contributed by atoms with Crippen molar-refractivity contribution in [1.29, 1.82) is 0 Å². The van der Waals surface area contributed by atoms with E-state index >= 15 is 0 Å². The third kappa shape index (κ3) is 3.85. The minimum Gasteiger partial charge on any atom is -0.496 e. The van der Waals surface area contributed by atoms with Gasteiger partial charge in [0.2, 0.25) is 11.2 Å². The van der Waals surface area contributed by atoms with Gasteiger partial charge in [-0.2, -0.15) is 0 Å². The van der Waals surface area contributed by atoms with Crippen LogP contribution in [0.25, 0.3) is 11.0 Å². The quantitative estimate of drug-likeness (QED) is 0.149. The summed E-state index contributed by atoms with van der Waals surface area (Å²) in [5.74, 6) is -2.09. The number of hydrogen-bond acceptors (Lipinski definition) is 12. The molecule has 1 aromatic heterocycles. The van der Waals surface area contributed by atoms with Crippen molar-refractivity contribution in [3.63, 3.8) is 0 Å². The summed E-state index contributed by atoms with van der Waals surface area (Å²) in [7, 11) is 1.47. The predicted octanol–water partition coefficient (Wildman–Crippen LogP) is 5.92. The third-order valence-corrected chi connectivity index (χ3v) is 14.3. The van der Waals surface area contributed by atoms with Gasteiger partial charge < -0.3 is 32.8 Å². The van der Waals surface area contributed by atoms with Gasteiger partial charge in [0.1, 0.15) is 17.1 Å². The highest BCUT2D eigenvalue weighted by Crippen LogP contribution is 2.68. The second-order valence-electron chi connectivity index (χ2n) is 16.5. The number of hydrogen-bond donors (Lipinski definition) is 0. The summed E-state index contributed by atoms with van der Waals surface area (Å²) >= 11 is 3.37. The summed E-state index contributed by atoms with van der Waals surface area (Å²) in [6.07, 6.45) is -1.49. The summed E-state index contributed by atoms with van der Waals surface area (Å²) in [6.45, 7) is 15.9. The molecule has 2 saturated heterocycles. The number of alkyl halides is 1. The van der Waals surface area contributed by atoms with Crippen LogP contribution < -0.4 is 15.1 Å². The molecule has 3 aliphatic heterocycles. The van der Waals surface area contributed by atoms with Crippen LogP contribution >= 0.6 is 15.9 Å². The molecule has 4 unspecified atom stereocenters. The first-order chi connectivity index (χ1) is 23.1. The van der Waals surface area contributed by atoms with Gasteiger partial charge >= 0.3 is 29.5 Å². The predicted molar refractivity (Wildman–Crippen MR) is 180 cm³/mol. The van der Waals surface area contributed by atoms with Crippen LogP contribution in [0.1, 0.15) is 104 Å². The average Bonchev–Trinajstić information content (AvgIpc) is 3.49. The van der Waals surface area contributed by atoms with E-state index in [4.69, 9.17) is 32.8 Å². The van der Waals surface area contributed by atoms with Crippen LogP contribution in [0.5, 0.6) is 11.5 Å². The Labute approximate surface area is 297 Å². The maximum absolute atomic E-state index is 14.6. The molecule has 6 atom stereocenters. The molecule has 0 spiro atoms. The van der Waals surface area contributed by atoms with E-state index in [1.165, 1.54) is 7.11 Å². The molecule has 1 aromatic carbocycles. The number of aryl methyl sites for hydroxylation is 1. The largest absolute Gasteiger partial charge is 0.496 e. The summed E-state index contributed by atoms with van der Waals surface area (Å²) < 4.78 is 42.8. The molecule has 5 aliphatic rings. The van der Waals surface area contributed by atoms with E-state index in [1.54, 1.807) is 40.7 Å². The van der Waals surface area contributed by atoms with Crippen molar-refractivity contribution in [2.45, 2.75) is 122 Å². The van der Waals surface area contributed by atoms with Crippen molar-refractivity contribution in [3.8, 4) is 11.5 Å². The van der Waals surface area contributed by atoms with Crippen LogP contribution in [0.3, 0.4) is 0 Å². The number of halogens is 1. The van der Waals surface area contributed by atoms with E-state index < -0.39 is 80.2 Å². The van der Waals surface area contributed by atoms with Crippen LogP contribution in [0.4, 0.5) is 0 Å². The fraction of sp³-hybridized carbons (Fsp3) is 0.649. The van der Waals surface area contributed by atoms with E-state index in [0.717, 1.165) is 0 Å². The molecule has 12 nitrogen and oxygen atoms in total. The zero-order chi connectivity index (χ0) is 36.8. The Morgan fingerprint density at radius 3 is 1.78 bits per heavy atom. The first-order valence-electron chi connectivity index (χ1n) is 16.9. The second kappa shape index (κ2) is 10.3. The molecule has 0 amide bonds. The van der Waals surface area contributed by atoms with Crippen LogP contribution in [0, 0.1) is 28.6 Å². The van der Waals surface area contributed by atoms with E-state index in [2.05, 4.69) is 15.9 Å². The molecule has 4 heterocycles. The zero-order valence-electron chi connectivity index (χ0n) is 30.0. The van der Waals surface area contributed by atoms with Crippen molar-refractivity contribution >= 4 is 50.8 Å². The Bertz CT molecular complexity index is 1980. The number of fused-ring (bicyclic) bond motifs is 7. The number of ether oxygens (including phenoxy) is 6. The van der Waals surface area contributed by atoms with Gasteiger partial charge in [0.25, 0.3) is 0 Å². The second-order valence-corrected chi connectivity index (χ2v) is 17.1. The first kappa shape index (κ1) is 34.8. The van der Waals surface area contributed by atoms with Crippen LogP contribution in [-0.2, 0) is 43.5 Å². The lowest BCUT2D eigenvalue weighted by molar-refractivity contribution is -0.217. The Kier molecular flexibility index (Phi) is 7.14. The maximum atomic E-state index is 14.6. The molecule has 270 valence electrons. The number of methoxy groups -OCH3 is 1. The molecule has 0 radical (unpaired) electrons. The van der Waals surface area contributed by atoms with Crippen molar-refractivity contribution in [1.82, 2.24) is 0 Å². The van der Waals surface area contributed by atoms with Gasteiger partial charge in [-0.3, -0.25) is 9.59 Å². The molecule has 2 aliphatic carbocycles. The summed E-state index contributed by atoms with van der Waals surface area (Å²) in [4.78, 5) is 68.8. The number of benzene rings is 1. The van der Waals surface area contributed by atoms with Gasteiger partial charge in [0.05, 0.1) is 34.5 Å². The lowest BCUT2D eigenvalue weighted by Gasteiger charge is -2.46. The Balaban J connectivity index is 1.42. The zero-order valence-corrected chi connectivity index (χ0v) is 31.6. The molecule has 2 aromatic rings. The van der Waals surface area contributed by atoms with Gasteiger partial charge in [-0.15, -0.1) is 0 Å². The molecule has 2 saturated carbocycles. The fourth-order valence-electron chi connectivity index (χ4n) is 9.22. The molecular weight excluding hydrogens is 716 g/mol. The first-order valence-corrected chi connectivity index (χ1v) is 18.0. The van der Waals surface area contributed by atoms with Crippen molar-refractivity contribution in [3.05, 3.63) is 33.2 Å². The van der Waals surface area contributed by atoms with Crippen molar-refractivity contribution in [2.24, 2.45) is 21.7 Å². The van der Waals surface area contributed by atoms with E-state index in [9.17, 15) is 24.0 Å².